The third-order valence-electron chi connectivity index (χ3n) is 2.24. The van der Waals surface area contributed by atoms with Crippen molar-refractivity contribution >= 4 is 15.7 Å². The Morgan fingerprint density at radius 2 is 2.00 bits per heavy atom. The van der Waals surface area contributed by atoms with Gasteiger partial charge in [0.25, 0.3) is 5.91 Å². The maximum atomic E-state index is 11.6. The zero-order chi connectivity index (χ0) is 13.8. The Balaban J connectivity index is 2.54. The number of carbonyl (C=O) groups excluding carboxylic acids is 1. The first-order chi connectivity index (χ1) is 8.31. The maximum absolute atomic E-state index is 11.6. The van der Waals surface area contributed by atoms with Gasteiger partial charge in [0.15, 0.2) is 11.5 Å². The molecule has 0 atom stereocenters. The minimum Gasteiger partial charge on any atom is -0.504 e. The van der Waals surface area contributed by atoms with Crippen molar-refractivity contribution in [3.63, 3.8) is 0 Å². The molecule has 0 saturated heterocycles. The van der Waals surface area contributed by atoms with Gasteiger partial charge in [0.1, 0.15) is 9.84 Å². The minimum atomic E-state index is -3.04. The average Bonchev–Trinajstić information content (AvgIpc) is 2.26. The summed E-state index contributed by atoms with van der Waals surface area (Å²) in [6.07, 6.45) is 1.42. The molecule has 0 aliphatic carbocycles. The second kappa shape index (κ2) is 5.72. The Hall–Kier alpha value is -1.76. The van der Waals surface area contributed by atoms with Crippen molar-refractivity contribution in [2.75, 3.05) is 18.6 Å². The number of phenols is 2. The van der Waals surface area contributed by atoms with E-state index in [9.17, 15) is 23.4 Å². The van der Waals surface area contributed by atoms with Crippen molar-refractivity contribution in [1.29, 1.82) is 0 Å². The number of benzene rings is 1. The number of rotatable bonds is 5. The molecular formula is C11H15NO5S. The van der Waals surface area contributed by atoms with Gasteiger partial charge in [0, 0.05) is 12.8 Å². The number of aromatic hydroxyl groups is 2. The van der Waals surface area contributed by atoms with E-state index in [2.05, 4.69) is 5.32 Å². The second-order valence-electron chi connectivity index (χ2n) is 3.91. The summed E-state index contributed by atoms with van der Waals surface area (Å²) in [7, 11) is -3.04. The first-order valence-electron chi connectivity index (χ1n) is 5.28. The van der Waals surface area contributed by atoms with E-state index in [4.69, 9.17) is 0 Å². The van der Waals surface area contributed by atoms with Gasteiger partial charge in [0.05, 0.1) is 11.3 Å². The van der Waals surface area contributed by atoms with Crippen LogP contribution in [-0.4, -0.2) is 43.1 Å². The number of nitrogens with one attached hydrogen (secondary N) is 1. The van der Waals surface area contributed by atoms with Gasteiger partial charge in [-0.15, -0.1) is 0 Å². The fraction of sp³-hybridized carbons (Fsp3) is 0.364. The Morgan fingerprint density at radius 1 is 1.33 bits per heavy atom. The highest BCUT2D eigenvalue weighted by molar-refractivity contribution is 7.90. The number of hydrogen-bond acceptors (Lipinski definition) is 5. The summed E-state index contributed by atoms with van der Waals surface area (Å²) in [5.74, 6) is -1.44. The van der Waals surface area contributed by atoms with E-state index in [-0.39, 0.29) is 23.6 Å². The molecule has 18 heavy (non-hydrogen) atoms. The molecule has 6 nitrogen and oxygen atoms in total. The molecule has 0 fully saturated rings. The van der Waals surface area contributed by atoms with Crippen LogP contribution in [0.5, 0.6) is 11.5 Å². The number of sulfone groups is 1. The highest BCUT2D eigenvalue weighted by Crippen LogP contribution is 2.27. The lowest BCUT2D eigenvalue weighted by atomic mass is 10.1. The van der Waals surface area contributed by atoms with Gasteiger partial charge in [-0.3, -0.25) is 4.79 Å². The number of hydrogen-bond donors (Lipinski definition) is 3. The Morgan fingerprint density at radius 3 is 2.61 bits per heavy atom. The summed E-state index contributed by atoms with van der Waals surface area (Å²) >= 11 is 0. The molecule has 1 aromatic carbocycles. The fourth-order valence-electron chi connectivity index (χ4n) is 1.35. The van der Waals surface area contributed by atoms with Crippen LogP contribution in [0.1, 0.15) is 16.8 Å². The van der Waals surface area contributed by atoms with Crippen molar-refractivity contribution in [1.82, 2.24) is 5.32 Å². The van der Waals surface area contributed by atoms with Crippen LogP contribution in [0.4, 0.5) is 0 Å². The lowest BCUT2D eigenvalue weighted by Gasteiger charge is -2.07. The van der Waals surface area contributed by atoms with Crippen LogP contribution in [0, 0.1) is 0 Å². The maximum Gasteiger partial charge on any atom is 0.255 e. The molecule has 0 spiro atoms. The number of phenolic OH excluding ortho intramolecular Hbond substituents is 2. The zero-order valence-electron chi connectivity index (χ0n) is 9.88. The van der Waals surface area contributed by atoms with E-state index < -0.39 is 21.5 Å². The average molecular weight is 273 g/mol. The molecule has 3 N–H and O–H groups in total. The molecular weight excluding hydrogens is 258 g/mol. The molecule has 100 valence electrons. The van der Waals surface area contributed by atoms with Crippen LogP contribution in [0.15, 0.2) is 18.2 Å². The van der Waals surface area contributed by atoms with Gasteiger partial charge in [0.2, 0.25) is 0 Å². The van der Waals surface area contributed by atoms with Crippen LogP contribution in [0.3, 0.4) is 0 Å². The first-order valence-corrected chi connectivity index (χ1v) is 7.34. The predicted molar refractivity (Wildman–Crippen MR) is 66.4 cm³/mol. The van der Waals surface area contributed by atoms with Gasteiger partial charge in [-0.1, -0.05) is 6.07 Å². The van der Waals surface area contributed by atoms with Gasteiger partial charge < -0.3 is 15.5 Å². The summed E-state index contributed by atoms with van der Waals surface area (Å²) in [6.45, 7) is 0.182. The molecule has 0 bridgehead atoms. The molecule has 1 amide bonds. The van der Waals surface area contributed by atoms with Gasteiger partial charge in [-0.25, -0.2) is 8.42 Å². The van der Waals surface area contributed by atoms with Crippen LogP contribution in [0.25, 0.3) is 0 Å². The van der Waals surface area contributed by atoms with Crippen LogP contribution in [-0.2, 0) is 9.84 Å². The quantitative estimate of drug-likeness (QED) is 0.527. The normalized spacial score (nSPS) is 11.2. The van der Waals surface area contributed by atoms with Gasteiger partial charge in [-0.2, -0.15) is 0 Å². The molecule has 0 aliphatic rings. The Kier molecular flexibility index (Phi) is 4.55. The fourth-order valence-corrected chi connectivity index (χ4v) is 2.01. The Bertz CT molecular complexity index is 538. The molecule has 0 aliphatic heterocycles. The van der Waals surface area contributed by atoms with E-state index in [0.717, 1.165) is 6.26 Å². The van der Waals surface area contributed by atoms with Gasteiger partial charge >= 0.3 is 0 Å². The number of para-hydroxylation sites is 1. The Labute approximate surface area is 105 Å². The molecule has 7 heteroatoms. The third kappa shape index (κ3) is 4.25. The molecule has 1 aromatic rings. The molecule has 0 heterocycles. The van der Waals surface area contributed by atoms with E-state index in [1.54, 1.807) is 0 Å². The summed E-state index contributed by atoms with van der Waals surface area (Å²) in [5.41, 5.74) is -0.0469. The van der Waals surface area contributed by atoms with Crippen LogP contribution < -0.4 is 5.32 Å². The van der Waals surface area contributed by atoms with Crippen LogP contribution >= 0.6 is 0 Å². The van der Waals surface area contributed by atoms with E-state index in [1.165, 1.54) is 18.2 Å². The largest absolute Gasteiger partial charge is 0.504 e. The summed E-state index contributed by atoms with van der Waals surface area (Å²) in [4.78, 5) is 11.6. The van der Waals surface area contributed by atoms with Crippen molar-refractivity contribution < 1.29 is 23.4 Å². The summed E-state index contributed by atoms with van der Waals surface area (Å²) in [5, 5.41) is 21.1. The highest BCUT2D eigenvalue weighted by Gasteiger charge is 2.13. The lowest BCUT2D eigenvalue weighted by Crippen LogP contribution is -2.25. The standard InChI is InChI=1S/C11H15NO5S/c1-18(16,17)7-3-6-12-11(15)8-4-2-5-9(13)10(8)14/h2,4-5,13-14H,3,6-7H2,1H3,(H,12,15). The molecule has 0 unspecified atom stereocenters. The summed E-state index contributed by atoms with van der Waals surface area (Å²) in [6, 6.07) is 4.05. The van der Waals surface area contributed by atoms with Crippen molar-refractivity contribution in [3.05, 3.63) is 23.8 Å². The molecule has 1 rings (SSSR count). The van der Waals surface area contributed by atoms with Gasteiger partial charge in [-0.05, 0) is 18.6 Å². The van der Waals surface area contributed by atoms with E-state index >= 15 is 0 Å². The van der Waals surface area contributed by atoms with Crippen molar-refractivity contribution in [3.8, 4) is 11.5 Å². The van der Waals surface area contributed by atoms with Crippen molar-refractivity contribution in [2.24, 2.45) is 0 Å². The first kappa shape index (κ1) is 14.3. The SMILES string of the molecule is CS(=O)(=O)CCCNC(=O)c1cccc(O)c1O. The predicted octanol–water partition coefficient (Wildman–Crippen LogP) is 0.262. The number of carbonyl (C=O) groups is 1. The van der Waals surface area contributed by atoms with E-state index in [1.807, 2.05) is 0 Å². The van der Waals surface area contributed by atoms with E-state index in [0.29, 0.717) is 6.42 Å². The topological polar surface area (TPSA) is 104 Å². The monoisotopic (exact) mass is 273 g/mol. The second-order valence-corrected chi connectivity index (χ2v) is 6.17. The molecule has 0 saturated carbocycles. The van der Waals surface area contributed by atoms with Crippen molar-refractivity contribution in [2.45, 2.75) is 6.42 Å². The minimum absolute atomic E-state index is 0.0146. The molecule has 0 radical (unpaired) electrons. The van der Waals surface area contributed by atoms with Crippen LogP contribution in [0.2, 0.25) is 0 Å². The smallest absolute Gasteiger partial charge is 0.255 e. The zero-order valence-corrected chi connectivity index (χ0v) is 10.7. The lowest BCUT2D eigenvalue weighted by molar-refractivity contribution is 0.0950. The summed E-state index contributed by atoms with van der Waals surface area (Å²) < 4.78 is 21.7. The number of amides is 1. The highest BCUT2D eigenvalue weighted by atomic mass is 32.2. The molecule has 0 aromatic heterocycles. The third-order valence-corrected chi connectivity index (χ3v) is 3.27.